The largest absolute Gasteiger partial charge is 0.478 e. The first kappa shape index (κ1) is 14.8. The van der Waals surface area contributed by atoms with E-state index >= 15 is 0 Å². The first-order valence-electron chi connectivity index (χ1n) is 5.85. The minimum atomic E-state index is -1.12. The van der Waals surface area contributed by atoms with Crippen molar-refractivity contribution in [3.05, 3.63) is 52.8 Å². The Kier molecular flexibility index (Phi) is 4.39. The smallest absolute Gasteiger partial charge is 0.356 e. The van der Waals surface area contributed by atoms with Crippen molar-refractivity contribution >= 4 is 34.9 Å². The number of hydrogen-bond acceptors (Lipinski definition) is 5. The number of anilines is 2. The maximum atomic E-state index is 11.4. The number of benzene rings is 1. The van der Waals surface area contributed by atoms with Gasteiger partial charge in [-0.05, 0) is 30.3 Å². The molecule has 0 aliphatic rings. The van der Waals surface area contributed by atoms with Gasteiger partial charge in [0.25, 0.3) is 0 Å². The van der Waals surface area contributed by atoms with E-state index in [2.05, 4.69) is 15.0 Å². The van der Waals surface area contributed by atoms with E-state index in [9.17, 15) is 9.59 Å². The fraction of sp³-hybridized carbons (Fsp3) is 0.0714. The van der Waals surface area contributed by atoms with Crippen LogP contribution in [0.15, 0.2) is 36.5 Å². The number of methoxy groups -OCH3 is 1. The first-order valence-corrected chi connectivity index (χ1v) is 6.23. The average molecular weight is 307 g/mol. The molecule has 0 aliphatic carbocycles. The number of carboxylic acids is 1. The van der Waals surface area contributed by atoms with Gasteiger partial charge in [0.1, 0.15) is 5.69 Å². The van der Waals surface area contributed by atoms with Gasteiger partial charge in [0.2, 0.25) is 0 Å². The molecular formula is C14H11ClN2O4. The van der Waals surface area contributed by atoms with Gasteiger partial charge < -0.3 is 15.2 Å². The summed E-state index contributed by atoms with van der Waals surface area (Å²) in [4.78, 5) is 26.3. The van der Waals surface area contributed by atoms with Gasteiger partial charge >= 0.3 is 11.9 Å². The number of nitrogens with zero attached hydrogens (tertiary/aromatic N) is 1. The van der Waals surface area contributed by atoms with Crippen LogP contribution in [0, 0.1) is 0 Å². The zero-order valence-electron chi connectivity index (χ0n) is 11.0. The Morgan fingerprint density at radius 2 is 1.95 bits per heavy atom. The fourth-order valence-electron chi connectivity index (χ4n) is 1.66. The molecule has 0 radical (unpaired) electrons. The third-order valence-electron chi connectivity index (χ3n) is 2.64. The van der Waals surface area contributed by atoms with Gasteiger partial charge in [0, 0.05) is 17.6 Å². The maximum Gasteiger partial charge on any atom is 0.356 e. The normalized spacial score (nSPS) is 10.0. The third kappa shape index (κ3) is 3.49. The van der Waals surface area contributed by atoms with Gasteiger partial charge in [-0.1, -0.05) is 11.6 Å². The van der Waals surface area contributed by atoms with Gasteiger partial charge in [-0.25, -0.2) is 14.6 Å². The fourth-order valence-corrected chi connectivity index (χ4v) is 1.86. The molecule has 108 valence electrons. The van der Waals surface area contributed by atoms with E-state index in [1.807, 2.05) is 0 Å². The number of carboxylic acid groups (broad SMARTS) is 1. The molecule has 0 saturated carbocycles. The minimum Gasteiger partial charge on any atom is -0.478 e. The Morgan fingerprint density at radius 3 is 2.62 bits per heavy atom. The predicted octanol–water partition coefficient (Wildman–Crippen LogP) is 2.96. The molecule has 2 N–H and O–H groups in total. The van der Waals surface area contributed by atoms with E-state index in [0.717, 1.165) is 0 Å². The standard InChI is InChI=1S/C14H11ClN2O4/c1-21-14(20)12-7-9(4-5-16-12)17-8-2-3-11(15)10(6-8)13(18)19/h2-7H,1H3,(H,16,17)(H,18,19). The summed E-state index contributed by atoms with van der Waals surface area (Å²) in [5.74, 6) is -1.67. The molecule has 2 rings (SSSR count). The molecule has 0 unspecified atom stereocenters. The molecule has 1 heterocycles. The van der Waals surface area contributed by atoms with E-state index in [1.54, 1.807) is 12.1 Å². The van der Waals surface area contributed by atoms with Crippen LogP contribution < -0.4 is 5.32 Å². The maximum absolute atomic E-state index is 11.4. The predicted molar refractivity (Wildman–Crippen MR) is 77.3 cm³/mol. The number of hydrogen-bond donors (Lipinski definition) is 2. The number of aromatic nitrogens is 1. The molecule has 0 saturated heterocycles. The van der Waals surface area contributed by atoms with E-state index in [-0.39, 0.29) is 16.3 Å². The summed E-state index contributed by atoms with van der Waals surface area (Å²) in [7, 11) is 1.27. The SMILES string of the molecule is COC(=O)c1cc(Nc2ccc(Cl)c(C(=O)O)c2)ccn1. The number of carbonyl (C=O) groups excluding carboxylic acids is 1. The number of rotatable bonds is 4. The van der Waals surface area contributed by atoms with Crippen molar-refractivity contribution < 1.29 is 19.4 Å². The van der Waals surface area contributed by atoms with Crippen molar-refractivity contribution in [2.75, 3.05) is 12.4 Å². The van der Waals surface area contributed by atoms with Crippen LogP contribution in [0.25, 0.3) is 0 Å². The molecule has 0 bridgehead atoms. The number of esters is 1. The summed E-state index contributed by atoms with van der Waals surface area (Å²) in [6, 6.07) is 7.66. The molecule has 0 amide bonds. The number of halogens is 1. The number of ether oxygens (including phenoxy) is 1. The van der Waals surface area contributed by atoms with Crippen LogP contribution in [0.4, 0.5) is 11.4 Å². The lowest BCUT2D eigenvalue weighted by molar-refractivity contribution is 0.0593. The summed E-state index contributed by atoms with van der Waals surface area (Å²) < 4.78 is 4.58. The van der Waals surface area contributed by atoms with E-state index in [0.29, 0.717) is 11.4 Å². The van der Waals surface area contributed by atoms with Crippen LogP contribution in [-0.4, -0.2) is 29.1 Å². The molecule has 1 aromatic carbocycles. The second kappa shape index (κ2) is 6.23. The quantitative estimate of drug-likeness (QED) is 0.844. The number of carbonyl (C=O) groups is 2. The molecule has 6 nitrogen and oxygen atoms in total. The number of nitrogens with one attached hydrogen (secondary N) is 1. The van der Waals surface area contributed by atoms with Gasteiger partial charge in [0.05, 0.1) is 17.7 Å². The molecule has 0 fully saturated rings. The van der Waals surface area contributed by atoms with Crippen LogP contribution in [0.5, 0.6) is 0 Å². The Morgan fingerprint density at radius 1 is 1.24 bits per heavy atom. The second-order valence-electron chi connectivity index (χ2n) is 4.05. The molecule has 1 aromatic heterocycles. The van der Waals surface area contributed by atoms with Crippen molar-refractivity contribution in [3.8, 4) is 0 Å². The van der Waals surface area contributed by atoms with Crippen LogP contribution in [-0.2, 0) is 4.74 Å². The summed E-state index contributed by atoms with van der Waals surface area (Å²) >= 11 is 5.80. The minimum absolute atomic E-state index is 0.0103. The summed E-state index contributed by atoms with van der Waals surface area (Å²) in [5.41, 5.74) is 1.24. The van der Waals surface area contributed by atoms with Crippen LogP contribution >= 0.6 is 11.6 Å². The van der Waals surface area contributed by atoms with Crippen molar-refractivity contribution in [1.29, 1.82) is 0 Å². The average Bonchev–Trinajstić information content (AvgIpc) is 2.48. The topological polar surface area (TPSA) is 88.5 Å². The Hall–Kier alpha value is -2.60. The Labute approximate surface area is 125 Å². The van der Waals surface area contributed by atoms with Crippen LogP contribution in [0.3, 0.4) is 0 Å². The number of pyridine rings is 1. The second-order valence-corrected chi connectivity index (χ2v) is 4.45. The van der Waals surface area contributed by atoms with Crippen LogP contribution in [0.1, 0.15) is 20.8 Å². The van der Waals surface area contributed by atoms with Gasteiger partial charge in [0.15, 0.2) is 0 Å². The van der Waals surface area contributed by atoms with Crippen LogP contribution in [0.2, 0.25) is 5.02 Å². The highest BCUT2D eigenvalue weighted by Crippen LogP contribution is 2.23. The Balaban J connectivity index is 2.28. The zero-order valence-corrected chi connectivity index (χ0v) is 11.7. The lowest BCUT2D eigenvalue weighted by atomic mass is 10.2. The van der Waals surface area contributed by atoms with E-state index in [4.69, 9.17) is 16.7 Å². The van der Waals surface area contributed by atoms with Gasteiger partial charge in [-0.2, -0.15) is 0 Å². The number of aromatic carboxylic acids is 1. The lowest BCUT2D eigenvalue weighted by Crippen LogP contribution is -2.05. The summed E-state index contributed by atoms with van der Waals surface area (Å²) in [6.07, 6.45) is 1.45. The molecule has 0 atom stereocenters. The highest BCUT2D eigenvalue weighted by Gasteiger charge is 2.11. The molecule has 2 aromatic rings. The third-order valence-corrected chi connectivity index (χ3v) is 2.97. The van der Waals surface area contributed by atoms with Crippen molar-refractivity contribution in [2.24, 2.45) is 0 Å². The molecule has 0 spiro atoms. The highest BCUT2D eigenvalue weighted by atomic mass is 35.5. The Bertz CT molecular complexity index is 703. The molecule has 0 aliphatic heterocycles. The molecular weight excluding hydrogens is 296 g/mol. The summed E-state index contributed by atoms with van der Waals surface area (Å²) in [6.45, 7) is 0. The molecule has 7 heteroatoms. The van der Waals surface area contributed by atoms with Crippen molar-refractivity contribution in [2.45, 2.75) is 0 Å². The van der Waals surface area contributed by atoms with E-state index < -0.39 is 11.9 Å². The van der Waals surface area contributed by atoms with Gasteiger partial charge in [-0.3, -0.25) is 0 Å². The lowest BCUT2D eigenvalue weighted by Gasteiger charge is -2.09. The zero-order chi connectivity index (χ0) is 15.4. The monoisotopic (exact) mass is 306 g/mol. The van der Waals surface area contributed by atoms with E-state index in [1.165, 1.54) is 31.5 Å². The summed E-state index contributed by atoms with van der Waals surface area (Å²) in [5, 5.41) is 12.1. The van der Waals surface area contributed by atoms with Gasteiger partial charge in [-0.15, -0.1) is 0 Å². The van der Waals surface area contributed by atoms with Crippen molar-refractivity contribution in [1.82, 2.24) is 4.98 Å². The first-order chi connectivity index (χ1) is 10.0. The highest BCUT2D eigenvalue weighted by molar-refractivity contribution is 6.33. The molecule has 21 heavy (non-hydrogen) atoms. The van der Waals surface area contributed by atoms with Crippen molar-refractivity contribution in [3.63, 3.8) is 0 Å².